The van der Waals surface area contributed by atoms with Crippen LogP contribution in [0, 0.1) is 12.7 Å². The van der Waals surface area contributed by atoms with Gasteiger partial charge in [-0.15, -0.1) is 0 Å². The summed E-state index contributed by atoms with van der Waals surface area (Å²) in [6.45, 7) is 2.63. The fourth-order valence-electron chi connectivity index (χ4n) is 2.97. The average Bonchev–Trinajstić information content (AvgIpc) is 2.56. The molecule has 0 saturated carbocycles. The van der Waals surface area contributed by atoms with E-state index in [1.807, 2.05) is 24.0 Å². The molecular formula is C18H19FN2O. The zero-order valence-corrected chi connectivity index (χ0v) is 12.6. The fraction of sp³-hybridized carbons (Fsp3) is 0.333. The minimum absolute atomic E-state index is 0.00141. The highest BCUT2D eigenvalue weighted by Gasteiger charge is 2.28. The zero-order valence-electron chi connectivity index (χ0n) is 12.6. The summed E-state index contributed by atoms with van der Waals surface area (Å²) < 4.78 is 13.1. The minimum atomic E-state index is -0.250. The number of carbonyl (C=O) groups excluding carboxylic acids is 1. The number of nitrogens with zero attached hydrogens (tertiary/aromatic N) is 2. The molecule has 0 unspecified atom stereocenters. The molecule has 1 aliphatic rings. The van der Waals surface area contributed by atoms with Crippen molar-refractivity contribution < 1.29 is 9.18 Å². The maximum absolute atomic E-state index is 13.1. The van der Waals surface area contributed by atoms with Crippen molar-refractivity contribution >= 4 is 5.91 Å². The second-order valence-corrected chi connectivity index (χ2v) is 5.75. The summed E-state index contributed by atoms with van der Waals surface area (Å²) >= 11 is 0. The first-order chi connectivity index (χ1) is 10.6. The lowest BCUT2D eigenvalue weighted by atomic mass is 9.94. The number of hydrogen-bond donors (Lipinski definition) is 0. The van der Waals surface area contributed by atoms with E-state index in [-0.39, 0.29) is 17.8 Å². The van der Waals surface area contributed by atoms with Gasteiger partial charge in [0.05, 0.1) is 11.6 Å². The van der Waals surface area contributed by atoms with E-state index in [2.05, 4.69) is 4.98 Å². The quantitative estimate of drug-likeness (QED) is 0.842. The summed E-state index contributed by atoms with van der Waals surface area (Å²) in [7, 11) is 0. The number of pyridine rings is 1. The third-order valence-corrected chi connectivity index (χ3v) is 4.18. The van der Waals surface area contributed by atoms with E-state index in [1.165, 1.54) is 12.1 Å². The Kier molecular flexibility index (Phi) is 4.18. The van der Waals surface area contributed by atoms with Gasteiger partial charge in [-0.25, -0.2) is 4.39 Å². The monoisotopic (exact) mass is 298 g/mol. The Morgan fingerprint density at radius 1 is 1.18 bits per heavy atom. The van der Waals surface area contributed by atoms with Crippen molar-refractivity contribution in [3.8, 4) is 0 Å². The number of rotatable bonds is 2. The van der Waals surface area contributed by atoms with Crippen molar-refractivity contribution in [3.63, 3.8) is 0 Å². The van der Waals surface area contributed by atoms with Crippen molar-refractivity contribution in [1.82, 2.24) is 9.88 Å². The molecule has 2 heterocycles. The summed E-state index contributed by atoms with van der Waals surface area (Å²) in [6.07, 6.45) is 4.63. The van der Waals surface area contributed by atoms with Gasteiger partial charge in [0.2, 0.25) is 0 Å². The van der Waals surface area contributed by atoms with Crippen LogP contribution in [0.1, 0.15) is 46.9 Å². The van der Waals surface area contributed by atoms with Crippen LogP contribution in [0.5, 0.6) is 0 Å². The van der Waals surface area contributed by atoms with E-state index in [0.29, 0.717) is 5.56 Å². The lowest BCUT2D eigenvalue weighted by Gasteiger charge is -2.36. The van der Waals surface area contributed by atoms with Crippen LogP contribution in [-0.2, 0) is 0 Å². The highest BCUT2D eigenvalue weighted by molar-refractivity contribution is 5.94. The summed E-state index contributed by atoms with van der Waals surface area (Å²) in [5.41, 5.74) is 2.50. The first-order valence-electron chi connectivity index (χ1n) is 7.64. The van der Waals surface area contributed by atoms with Crippen molar-refractivity contribution in [2.24, 2.45) is 0 Å². The van der Waals surface area contributed by atoms with Gasteiger partial charge in [-0.1, -0.05) is 12.1 Å². The average molecular weight is 298 g/mol. The lowest BCUT2D eigenvalue weighted by molar-refractivity contribution is 0.0611. The number of likely N-dealkylation sites (tertiary alicyclic amines) is 1. The van der Waals surface area contributed by atoms with Crippen LogP contribution in [0.4, 0.5) is 4.39 Å². The molecule has 0 spiro atoms. The van der Waals surface area contributed by atoms with Crippen molar-refractivity contribution in [1.29, 1.82) is 0 Å². The molecule has 1 aromatic heterocycles. The number of halogens is 1. The minimum Gasteiger partial charge on any atom is -0.332 e. The van der Waals surface area contributed by atoms with Gasteiger partial charge in [-0.05, 0) is 56.0 Å². The molecule has 114 valence electrons. The van der Waals surface area contributed by atoms with E-state index >= 15 is 0 Å². The van der Waals surface area contributed by atoms with Gasteiger partial charge < -0.3 is 4.90 Å². The summed E-state index contributed by atoms with van der Waals surface area (Å²) in [5.74, 6) is -0.248. The number of amides is 1. The number of aromatic nitrogens is 1. The van der Waals surface area contributed by atoms with Crippen LogP contribution in [0.15, 0.2) is 42.6 Å². The van der Waals surface area contributed by atoms with Crippen LogP contribution < -0.4 is 0 Å². The molecule has 0 radical (unpaired) electrons. The normalized spacial score (nSPS) is 18.3. The largest absolute Gasteiger partial charge is 0.332 e. The smallest absolute Gasteiger partial charge is 0.255 e. The highest BCUT2D eigenvalue weighted by Crippen LogP contribution is 2.32. The molecular weight excluding hydrogens is 279 g/mol. The van der Waals surface area contributed by atoms with Crippen LogP contribution in [0.2, 0.25) is 0 Å². The molecule has 0 N–H and O–H groups in total. The van der Waals surface area contributed by atoms with E-state index in [4.69, 9.17) is 0 Å². The fourth-order valence-corrected chi connectivity index (χ4v) is 2.97. The van der Waals surface area contributed by atoms with Crippen LogP contribution in [-0.4, -0.2) is 22.3 Å². The zero-order chi connectivity index (χ0) is 15.5. The highest BCUT2D eigenvalue weighted by atomic mass is 19.1. The molecule has 0 bridgehead atoms. The second kappa shape index (κ2) is 6.26. The third kappa shape index (κ3) is 3.01. The number of carbonyl (C=O) groups is 1. The van der Waals surface area contributed by atoms with E-state index < -0.39 is 0 Å². The Morgan fingerprint density at radius 3 is 2.64 bits per heavy atom. The Labute approximate surface area is 129 Å². The molecule has 3 rings (SSSR count). The topological polar surface area (TPSA) is 33.2 Å². The molecule has 1 aromatic carbocycles. The number of aryl methyl sites for hydroxylation is 1. The third-order valence-electron chi connectivity index (χ3n) is 4.18. The molecule has 0 aliphatic carbocycles. The van der Waals surface area contributed by atoms with E-state index in [1.54, 1.807) is 18.3 Å². The van der Waals surface area contributed by atoms with Gasteiger partial charge in [0.15, 0.2) is 0 Å². The summed E-state index contributed by atoms with van der Waals surface area (Å²) in [4.78, 5) is 18.9. The molecule has 22 heavy (non-hydrogen) atoms. The van der Waals surface area contributed by atoms with Crippen LogP contribution >= 0.6 is 0 Å². The van der Waals surface area contributed by atoms with Crippen LogP contribution in [0.3, 0.4) is 0 Å². The number of hydrogen-bond acceptors (Lipinski definition) is 2. The summed E-state index contributed by atoms with van der Waals surface area (Å²) in [6, 6.07) is 10.2. The molecule has 2 aromatic rings. The molecule has 1 fully saturated rings. The predicted molar refractivity (Wildman–Crippen MR) is 83.0 cm³/mol. The molecule has 3 nitrogen and oxygen atoms in total. The van der Waals surface area contributed by atoms with Crippen LogP contribution in [0.25, 0.3) is 0 Å². The molecule has 4 heteroatoms. The number of piperidine rings is 1. The first-order valence-corrected chi connectivity index (χ1v) is 7.64. The Bertz CT molecular complexity index is 652. The van der Waals surface area contributed by atoms with Gasteiger partial charge in [0.25, 0.3) is 5.91 Å². The predicted octanol–water partition coefficient (Wildman–Crippen LogP) is 3.90. The Morgan fingerprint density at radius 2 is 1.95 bits per heavy atom. The Balaban J connectivity index is 1.87. The SMILES string of the molecule is Cc1ccc(C(=O)N2CCCC[C@@H]2c2ccc(F)cc2)cn1. The van der Waals surface area contributed by atoms with Gasteiger partial charge >= 0.3 is 0 Å². The van der Waals surface area contributed by atoms with Gasteiger partial charge in [-0.2, -0.15) is 0 Å². The maximum atomic E-state index is 13.1. The second-order valence-electron chi connectivity index (χ2n) is 5.75. The number of benzene rings is 1. The van der Waals surface area contributed by atoms with Gasteiger partial charge in [-0.3, -0.25) is 9.78 Å². The Hall–Kier alpha value is -2.23. The lowest BCUT2D eigenvalue weighted by Crippen LogP contribution is -2.38. The van der Waals surface area contributed by atoms with E-state index in [9.17, 15) is 9.18 Å². The maximum Gasteiger partial charge on any atom is 0.255 e. The van der Waals surface area contributed by atoms with Crippen molar-refractivity contribution in [2.75, 3.05) is 6.54 Å². The van der Waals surface area contributed by atoms with E-state index in [0.717, 1.165) is 37.1 Å². The van der Waals surface area contributed by atoms with Gasteiger partial charge in [0, 0.05) is 18.4 Å². The summed E-state index contributed by atoms with van der Waals surface area (Å²) in [5, 5.41) is 0. The van der Waals surface area contributed by atoms with Crippen molar-refractivity contribution in [3.05, 3.63) is 65.2 Å². The standard InChI is InChI=1S/C18H19FN2O/c1-13-5-6-15(12-20-13)18(22)21-11-3-2-4-17(21)14-7-9-16(19)10-8-14/h5-10,12,17H,2-4,11H2,1H3/t17-/m1/s1. The van der Waals surface area contributed by atoms with Crippen molar-refractivity contribution in [2.45, 2.75) is 32.2 Å². The molecule has 1 amide bonds. The molecule has 1 atom stereocenters. The van der Waals surface area contributed by atoms with Gasteiger partial charge in [0.1, 0.15) is 5.82 Å². The first kappa shape index (κ1) is 14.7. The molecule has 1 saturated heterocycles. The molecule has 1 aliphatic heterocycles.